The molecule has 2 aromatic rings. The SMILES string of the molecule is CCOc1cc(C(=O)NC(=S)Nc2sc3c(c2C#N)CCC(C)C3)cc(OCC)c1OCC. The van der Waals surface area contributed by atoms with Crippen LogP contribution in [-0.4, -0.2) is 30.8 Å². The van der Waals surface area contributed by atoms with Crippen LogP contribution in [0.3, 0.4) is 0 Å². The highest BCUT2D eigenvalue weighted by Crippen LogP contribution is 2.40. The molecule has 0 bridgehead atoms. The molecule has 1 aliphatic carbocycles. The topological polar surface area (TPSA) is 92.6 Å². The van der Waals surface area contributed by atoms with Crippen molar-refractivity contribution in [2.75, 3.05) is 25.1 Å². The van der Waals surface area contributed by atoms with Gasteiger partial charge in [-0.25, -0.2) is 0 Å². The number of thiocarbonyl (C=S) groups is 1. The van der Waals surface area contributed by atoms with E-state index < -0.39 is 5.91 Å². The van der Waals surface area contributed by atoms with E-state index in [2.05, 4.69) is 23.6 Å². The summed E-state index contributed by atoms with van der Waals surface area (Å²) in [6.07, 6.45) is 2.92. The van der Waals surface area contributed by atoms with E-state index in [0.29, 0.717) is 59.1 Å². The normalized spacial score (nSPS) is 14.6. The molecular weight excluding hydrogens is 458 g/mol. The maximum atomic E-state index is 13.0. The summed E-state index contributed by atoms with van der Waals surface area (Å²) in [4.78, 5) is 14.2. The summed E-state index contributed by atoms with van der Waals surface area (Å²) in [5.41, 5.74) is 2.05. The summed E-state index contributed by atoms with van der Waals surface area (Å²) in [7, 11) is 0. The molecule has 1 aromatic heterocycles. The Bertz CT molecular complexity index is 1050. The number of carbonyl (C=O) groups excluding carboxylic acids is 1. The zero-order valence-corrected chi connectivity index (χ0v) is 21.0. The number of hydrogen-bond acceptors (Lipinski definition) is 7. The highest BCUT2D eigenvalue weighted by Gasteiger charge is 2.25. The van der Waals surface area contributed by atoms with Gasteiger partial charge in [0, 0.05) is 10.4 Å². The zero-order chi connectivity index (χ0) is 24.0. The Hall–Kier alpha value is -2.83. The first kappa shape index (κ1) is 24.8. The maximum Gasteiger partial charge on any atom is 0.257 e. The third kappa shape index (κ3) is 5.75. The van der Waals surface area contributed by atoms with Crippen LogP contribution >= 0.6 is 23.6 Å². The minimum atomic E-state index is -0.411. The van der Waals surface area contributed by atoms with Gasteiger partial charge in [-0.1, -0.05) is 6.92 Å². The van der Waals surface area contributed by atoms with Gasteiger partial charge in [-0.3, -0.25) is 10.1 Å². The number of carbonyl (C=O) groups is 1. The van der Waals surface area contributed by atoms with Crippen molar-refractivity contribution >= 4 is 39.6 Å². The second kappa shape index (κ2) is 11.3. The standard InChI is InChI=1S/C24H29N3O4S2/c1-5-29-18-11-15(12-19(30-6-2)21(18)31-7-3)22(28)26-24(32)27-23-17(13-25)16-9-8-14(4)10-20(16)33-23/h11-12,14H,5-10H2,1-4H3,(H2,26,27,28,32). The number of nitrogens with one attached hydrogen (secondary N) is 2. The van der Waals surface area contributed by atoms with Crippen molar-refractivity contribution in [3.8, 4) is 23.3 Å². The Kier molecular flexibility index (Phi) is 8.53. The molecule has 2 N–H and O–H groups in total. The van der Waals surface area contributed by atoms with Gasteiger partial charge in [0.25, 0.3) is 5.91 Å². The molecule has 1 amide bonds. The smallest absolute Gasteiger partial charge is 0.257 e. The van der Waals surface area contributed by atoms with Crippen LogP contribution in [0.15, 0.2) is 12.1 Å². The summed E-state index contributed by atoms with van der Waals surface area (Å²) in [5.74, 6) is 1.52. The number of rotatable bonds is 8. The van der Waals surface area contributed by atoms with Gasteiger partial charge in [0.15, 0.2) is 16.6 Å². The fourth-order valence-corrected chi connectivity index (χ4v) is 5.41. The second-order valence-corrected chi connectivity index (χ2v) is 9.19. The molecule has 7 nitrogen and oxygen atoms in total. The fraction of sp³-hybridized carbons (Fsp3) is 0.458. The largest absolute Gasteiger partial charge is 0.490 e. The quantitative estimate of drug-likeness (QED) is 0.502. The second-order valence-electron chi connectivity index (χ2n) is 7.68. The minimum absolute atomic E-state index is 0.132. The number of hydrogen-bond donors (Lipinski definition) is 2. The molecular formula is C24H29N3O4S2. The van der Waals surface area contributed by atoms with Crippen molar-refractivity contribution in [1.29, 1.82) is 5.26 Å². The van der Waals surface area contributed by atoms with Gasteiger partial charge < -0.3 is 19.5 Å². The number of thiophene rings is 1. The first-order valence-corrected chi connectivity index (χ1v) is 12.4. The Balaban J connectivity index is 1.80. The minimum Gasteiger partial charge on any atom is -0.490 e. The summed E-state index contributed by atoms with van der Waals surface area (Å²) < 4.78 is 17.1. The molecule has 9 heteroatoms. The lowest BCUT2D eigenvalue weighted by Gasteiger charge is -2.17. The van der Waals surface area contributed by atoms with Gasteiger partial charge in [0.05, 0.1) is 25.4 Å². The van der Waals surface area contributed by atoms with Crippen molar-refractivity contribution in [3.05, 3.63) is 33.7 Å². The molecule has 0 aliphatic heterocycles. The summed E-state index contributed by atoms with van der Waals surface area (Å²) >= 11 is 6.92. The third-order valence-corrected chi connectivity index (χ3v) is 6.62. The molecule has 0 saturated carbocycles. The molecule has 0 radical (unpaired) electrons. The van der Waals surface area contributed by atoms with Crippen molar-refractivity contribution < 1.29 is 19.0 Å². The molecule has 1 aliphatic rings. The number of amides is 1. The number of nitriles is 1. The lowest BCUT2D eigenvalue weighted by molar-refractivity contribution is 0.0976. The molecule has 0 saturated heterocycles. The van der Waals surface area contributed by atoms with E-state index in [1.54, 1.807) is 12.1 Å². The van der Waals surface area contributed by atoms with E-state index in [1.807, 2.05) is 20.8 Å². The number of benzene rings is 1. The fourth-order valence-electron chi connectivity index (χ4n) is 3.79. The van der Waals surface area contributed by atoms with Gasteiger partial charge in [-0.2, -0.15) is 5.26 Å². The van der Waals surface area contributed by atoms with Gasteiger partial charge >= 0.3 is 0 Å². The van der Waals surface area contributed by atoms with E-state index >= 15 is 0 Å². The van der Waals surface area contributed by atoms with Gasteiger partial charge in [-0.15, -0.1) is 11.3 Å². The highest BCUT2D eigenvalue weighted by molar-refractivity contribution is 7.80. The van der Waals surface area contributed by atoms with E-state index in [4.69, 9.17) is 26.4 Å². The summed E-state index contributed by atoms with van der Waals surface area (Å²) in [6.45, 7) is 9.06. The molecule has 3 rings (SSSR count). The molecule has 176 valence electrons. The molecule has 1 unspecified atom stereocenters. The van der Waals surface area contributed by atoms with Crippen LogP contribution in [0.25, 0.3) is 0 Å². The first-order valence-electron chi connectivity index (χ1n) is 11.1. The van der Waals surface area contributed by atoms with Crippen molar-refractivity contribution in [2.45, 2.75) is 47.0 Å². The Morgan fingerprint density at radius 1 is 1.18 bits per heavy atom. The van der Waals surface area contributed by atoms with Gasteiger partial charge in [0.2, 0.25) is 5.75 Å². The van der Waals surface area contributed by atoms with E-state index in [-0.39, 0.29) is 5.11 Å². The average Bonchev–Trinajstić information content (AvgIpc) is 3.11. The monoisotopic (exact) mass is 487 g/mol. The van der Waals surface area contributed by atoms with Crippen LogP contribution in [0.2, 0.25) is 0 Å². The molecule has 0 fully saturated rings. The van der Waals surface area contributed by atoms with Crippen LogP contribution in [0.4, 0.5) is 5.00 Å². The molecule has 0 spiro atoms. The molecule has 33 heavy (non-hydrogen) atoms. The summed E-state index contributed by atoms with van der Waals surface area (Å²) in [5, 5.41) is 16.2. The van der Waals surface area contributed by atoms with Crippen molar-refractivity contribution in [2.24, 2.45) is 5.92 Å². The van der Waals surface area contributed by atoms with Crippen molar-refractivity contribution in [1.82, 2.24) is 5.32 Å². The lowest BCUT2D eigenvalue weighted by atomic mass is 9.89. The van der Waals surface area contributed by atoms with E-state index in [9.17, 15) is 10.1 Å². The van der Waals surface area contributed by atoms with Gasteiger partial charge in [0.1, 0.15) is 11.1 Å². The Morgan fingerprint density at radius 3 is 2.39 bits per heavy atom. The lowest BCUT2D eigenvalue weighted by Crippen LogP contribution is -2.34. The molecule has 1 heterocycles. The first-order chi connectivity index (χ1) is 15.9. The molecule has 1 aromatic carbocycles. The predicted molar refractivity (Wildman–Crippen MR) is 134 cm³/mol. The van der Waals surface area contributed by atoms with Crippen molar-refractivity contribution in [3.63, 3.8) is 0 Å². The molecule has 1 atom stereocenters. The summed E-state index contributed by atoms with van der Waals surface area (Å²) in [6, 6.07) is 5.52. The average molecular weight is 488 g/mol. The number of ether oxygens (including phenoxy) is 3. The van der Waals surface area contributed by atoms with E-state index in [0.717, 1.165) is 24.8 Å². The predicted octanol–water partition coefficient (Wildman–Crippen LogP) is 5.07. The number of nitrogens with zero attached hydrogens (tertiary/aromatic N) is 1. The van der Waals surface area contributed by atoms with Crippen LogP contribution in [0, 0.1) is 17.2 Å². The third-order valence-electron chi connectivity index (χ3n) is 5.25. The number of fused-ring (bicyclic) bond motifs is 1. The van der Waals surface area contributed by atoms with Crippen LogP contribution < -0.4 is 24.8 Å². The van der Waals surface area contributed by atoms with Crippen LogP contribution in [-0.2, 0) is 12.8 Å². The highest BCUT2D eigenvalue weighted by atomic mass is 32.1. The Morgan fingerprint density at radius 2 is 1.82 bits per heavy atom. The van der Waals surface area contributed by atoms with Gasteiger partial charge in [-0.05, 0) is 75.9 Å². The maximum absolute atomic E-state index is 13.0. The Labute approximate surface area is 204 Å². The van der Waals surface area contributed by atoms with Crippen LogP contribution in [0.5, 0.6) is 17.2 Å². The number of anilines is 1. The van der Waals surface area contributed by atoms with Crippen LogP contribution in [0.1, 0.15) is 60.5 Å². The zero-order valence-electron chi connectivity index (χ0n) is 19.4. The van der Waals surface area contributed by atoms with E-state index in [1.165, 1.54) is 16.2 Å².